The minimum atomic E-state index is 0.296. The van der Waals surface area contributed by atoms with Gasteiger partial charge in [-0.15, -0.1) is 0 Å². The Balaban J connectivity index is 1.92. The minimum absolute atomic E-state index is 0.296. The van der Waals surface area contributed by atoms with E-state index >= 15 is 0 Å². The van der Waals surface area contributed by atoms with Gasteiger partial charge in [0.1, 0.15) is 0 Å². The van der Waals surface area contributed by atoms with Crippen LogP contribution in [0.4, 0.5) is 5.95 Å². The van der Waals surface area contributed by atoms with Crippen LogP contribution in [0.1, 0.15) is 12.5 Å². The Morgan fingerprint density at radius 3 is 2.50 bits per heavy atom. The number of anilines is 1. The van der Waals surface area contributed by atoms with Crippen molar-refractivity contribution in [1.29, 1.82) is 0 Å². The molecule has 2 heterocycles. The van der Waals surface area contributed by atoms with Crippen molar-refractivity contribution in [2.45, 2.75) is 19.4 Å². The van der Waals surface area contributed by atoms with Gasteiger partial charge in [0.05, 0.1) is 0 Å². The van der Waals surface area contributed by atoms with Crippen LogP contribution in [0.3, 0.4) is 0 Å². The van der Waals surface area contributed by atoms with E-state index < -0.39 is 0 Å². The molecule has 0 aliphatic rings. The van der Waals surface area contributed by atoms with Gasteiger partial charge in [0.2, 0.25) is 5.95 Å². The van der Waals surface area contributed by atoms with E-state index in [1.807, 2.05) is 12.1 Å². The Labute approximate surface area is 94.8 Å². The largest absolute Gasteiger partial charge is 0.351 e. The van der Waals surface area contributed by atoms with Gasteiger partial charge in [-0.2, -0.15) is 0 Å². The van der Waals surface area contributed by atoms with Crippen molar-refractivity contribution in [3.63, 3.8) is 0 Å². The molecular formula is C12H14N4. The molecule has 4 heteroatoms. The fraction of sp³-hybridized carbons (Fsp3) is 0.250. The van der Waals surface area contributed by atoms with Crippen LogP contribution in [0.5, 0.6) is 0 Å². The molecule has 0 aliphatic heterocycles. The molecule has 0 saturated carbocycles. The number of hydrogen-bond acceptors (Lipinski definition) is 4. The second-order valence-electron chi connectivity index (χ2n) is 3.68. The van der Waals surface area contributed by atoms with Gasteiger partial charge < -0.3 is 5.32 Å². The average molecular weight is 214 g/mol. The summed E-state index contributed by atoms with van der Waals surface area (Å²) in [6.45, 7) is 2.11. The summed E-state index contributed by atoms with van der Waals surface area (Å²) in [6.07, 6.45) is 8.01. The van der Waals surface area contributed by atoms with Gasteiger partial charge in [0.25, 0.3) is 0 Å². The summed E-state index contributed by atoms with van der Waals surface area (Å²) >= 11 is 0. The molecule has 1 atom stereocenters. The standard InChI is InChI=1S/C12H14N4/c1-10(9-11-3-7-13-8-4-11)16-12-14-5-2-6-15-12/h2-8,10H,9H2,1H3,(H,14,15,16)/t10-/m0/s1. The maximum atomic E-state index is 4.13. The van der Waals surface area contributed by atoms with E-state index in [-0.39, 0.29) is 0 Å². The first-order valence-electron chi connectivity index (χ1n) is 5.27. The lowest BCUT2D eigenvalue weighted by Crippen LogP contribution is -2.19. The molecular weight excluding hydrogens is 200 g/mol. The van der Waals surface area contributed by atoms with Gasteiger partial charge in [0, 0.05) is 30.8 Å². The summed E-state index contributed by atoms with van der Waals surface area (Å²) in [7, 11) is 0. The third kappa shape index (κ3) is 3.02. The van der Waals surface area contributed by atoms with Gasteiger partial charge in [-0.1, -0.05) is 0 Å². The van der Waals surface area contributed by atoms with Crippen molar-refractivity contribution in [2.75, 3.05) is 5.32 Å². The maximum Gasteiger partial charge on any atom is 0.222 e. The highest BCUT2D eigenvalue weighted by atomic mass is 15.1. The molecule has 0 fully saturated rings. The van der Waals surface area contributed by atoms with Crippen molar-refractivity contribution < 1.29 is 0 Å². The van der Waals surface area contributed by atoms with E-state index in [2.05, 4.69) is 27.2 Å². The van der Waals surface area contributed by atoms with Gasteiger partial charge in [0.15, 0.2) is 0 Å². The van der Waals surface area contributed by atoms with Gasteiger partial charge in [-0.25, -0.2) is 9.97 Å². The third-order valence-electron chi connectivity index (χ3n) is 2.23. The van der Waals surface area contributed by atoms with Crippen LogP contribution in [-0.2, 0) is 6.42 Å². The Bertz CT molecular complexity index is 374. The number of rotatable bonds is 4. The topological polar surface area (TPSA) is 50.7 Å². The lowest BCUT2D eigenvalue weighted by Gasteiger charge is -2.13. The first-order chi connectivity index (χ1) is 7.84. The molecule has 82 valence electrons. The molecule has 0 radical (unpaired) electrons. The second-order valence-corrected chi connectivity index (χ2v) is 3.68. The van der Waals surface area contributed by atoms with Gasteiger partial charge >= 0.3 is 0 Å². The highest BCUT2D eigenvalue weighted by molar-refractivity contribution is 5.25. The summed E-state index contributed by atoms with van der Waals surface area (Å²) in [6, 6.07) is 6.14. The van der Waals surface area contributed by atoms with Crippen molar-refractivity contribution in [3.8, 4) is 0 Å². The quantitative estimate of drug-likeness (QED) is 0.844. The van der Waals surface area contributed by atoms with Gasteiger partial charge in [-0.3, -0.25) is 4.98 Å². The van der Waals surface area contributed by atoms with Crippen LogP contribution in [0.25, 0.3) is 0 Å². The Morgan fingerprint density at radius 2 is 1.81 bits per heavy atom. The molecule has 2 rings (SSSR count). The van der Waals surface area contributed by atoms with E-state index in [0.29, 0.717) is 12.0 Å². The molecule has 2 aromatic rings. The van der Waals surface area contributed by atoms with Crippen molar-refractivity contribution in [2.24, 2.45) is 0 Å². The zero-order valence-corrected chi connectivity index (χ0v) is 9.17. The zero-order valence-electron chi connectivity index (χ0n) is 9.17. The first-order valence-corrected chi connectivity index (χ1v) is 5.27. The van der Waals surface area contributed by atoms with E-state index in [9.17, 15) is 0 Å². The van der Waals surface area contributed by atoms with Crippen molar-refractivity contribution >= 4 is 5.95 Å². The maximum absolute atomic E-state index is 4.13. The Hall–Kier alpha value is -1.97. The predicted molar refractivity (Wildman–Crippen MR) is 63.1 cm³/mol. The van der Waals surface area contributed by atoms with Crippen LogP contribution in [-0.4, -0.2) is 21.0 Å². The first kappa shape index (κ1) is 10.5. The lowest BCUT2D eigenvalue weighted by atomic mass is 10.1. The van der Waals surface area contributed by atoms with Crippen LogP contribution in [0, 0.1) is 0 Å². The molecule has 0 unspecified atom stereocenters. The summed E-state index contributed by atoms with van der Waals surface area (Å²) in [5, 5.41) is 3.25. The zero-order chi connectivity index (χ0) is 11.2. The number of pyridine rings is 1. The molecule has 0 spiro atoms. The molecule has 1 N–H and O–H groups in total. The highest BCUT2D eigenvalue weighted by Gasteiger charge is 2.04. The summed E-state index contributed by atoms with van der Waals surface area (Å²) in [4.78, 5) is 12.2. The molecule has 0 aromatic carbocycles. The van der Waals surface area contributed by atoms with Crippen LogP contribution in [0.2, 0.25) is 0 Å². The lowest BCUT2D eigenvalue weighted by molar-refractivity contribution is 0.776. The smallest absolute Gasteiger partial charge is 0.222 e. The third-order valence-corrected chi connectivity index (χ3v) is 2.23. The van der Waals surface area contributed by atoms with Crippen LogP contribution in [0.15, 0.2) is 43.0 Å². The highest BCUT2D eigenvalue weighted by Crippen LogP contribution is 2.05. The minimum Gasteiger partial charge on any atom is -0.351 e. The fourth-order valence-electron chi connectivity index (χ4n) is 1.52. The fourth-order valence-corrected chi connectivity index (χ4v) is 1.52. The summed E-state index contributed by atoms with van der Waals surface area (Å²) < 4.78 is 0. The second kappa shape index (κ2) is 5.21. The van der Waals surface area contributed by atoms with E-state index in [1.165, 1.54) is 5.56 Å². The summed E-state index contributed by atoms with van der Waals surface area (Å²) in [5.74, 6) is 0.670. The monoisotopic (exact) mass is 214 g/mol. The number of nitrogens with one attached hydrogen (secondary N) is 1. The van der Waals surface area contributed by atoms with E-state index in [4.69, 9.17) is 0 Å². The average Bonchev–Trinajstić information content (AvgIpc) is 2.31. The Morgan fingerprint density at radius 1 is 1.12 bits per heavy atom. The normalized spacial score (nSPS) is 12.1. The number of nitrogens with zero attached hydrogens (tertiary/aromatic N) is 3. The van der Waals surface area contributed by atoms with Crippen molar-refractivity contribution in [3.05, 3.63) is 48.5 Å². The Kier molecular flexibility index (Phi) is 3.43. The van der Waals surface area contributed by atoms with Crippen LogP contribution < -0.4 is 5.32 Å². The molecule has 4 nitrogen and oxygen atoms in total. The molecule has 0 bridgehead atoms. The predicted octanol–water partition coefficient (Wildman–Crippen LogP) is 1.91. The molecule has 2 aromatic heterocycles. The SMILES string of the molecule is C[C@@H](Cc1ccncc1)Nc1ncccn1. The summed E-state index contributed by atoms with van der Waals surface area (Å²) in [5.41, 5.74) is 1.26. The van der Waals surface area contributed by atoms with Gasteiger partial charge in [-0.05, 0) is 37.1 Å². The molecule has 16 heavy (non-hydrogen) atoms. The molecule has 0 aliphatic carbocycles. The van der Waals surface area contributed by atoms with E-state index in [1.54, 1.807) is 30.9 Å². The number of aromatic nitrogens is 3. The number of hydrogen-bond donors (Lipinski definition) is 1. The van der Waals surface area contributed by atoms with E-state index in [0.717, 1.165) is 6.42 Å². The molecule has 0 saturated heterocycles. The van der Waals surface area contributed by atoms with Crippen molar-refractivity contribution in [1.82, 2.24) is 15.0 Å². The molecule has 0 amide bonds. The van der Waals surface area contributed by atoms with Crippen LogP contribution >= 0.6 is 0 Å².